The number of nitriles is 1. The number of fused-ring (bicyclic) bond motifs is 1. The molecule has 2 aromatic rings. The number of hydrogen-bond donors (Lipinski definition) is 0. The largest absolute Gasteiger partial charge is 0.573 e. The Hall–Kier alpha value is -2.99. The number of rotatable bonds is 4. The maximum atomic E-state index is 12.8. The highest BCUT2D eigenvalue weighted by Crippen LogP contribution is 2.34. The second-order valence-corrected chi connectivity index (χ2v) is 8.45. The van der Waals surface area contributed by atoms with Gasteiger partial charge in [-0.1, -0.05) is 11.6 Å². The average molecular weight is 465 g/mol. The normalized spacial score (nSPS) is 16.2. The molecule has 1 saturated heterocycles. The number of amides is 1. The van der Waals surface area contributed by atoms with Gasteiger partial charge in [0, 0.05) is 62.4 Å². The molecule has 0 N–H and O–H groups in total. The summed E-state index contributed by atoms with van der Waals surface area (Å²) in [5, 5.41) is 9.47. The molecular formula is C22H20ClF3N4O2. The Bertz CT molecular complexity index is 1090. The van der Waals surface area contributed by atoms with E-state index in [4.69, 9.17) is 16.9 Å². The van der Waals surface area contributed by atoms with E-state index >= 15 is 0 Å². The number of anilines is 1. The number of carbonyl (C=O) groups excluding carboxylic acids is 1. The third-order valence-corrected chi connectivity index (χ3v) is 6.01. The van der Waals surface area contributed by atoms with Crippen LogP contribution in [0.5, 0.6) is 5.75 Å². The Balaban J connectivity index is 1.35. The molecule has 6 nitrogen and oxygen atoms in total. The summed E-state index contributed by atoms with van der Waals surface area (Å²) in [4.78, 5) is 20.9. The number of benzene rings is 1. The highest BCUT2D eigenvalue weighted by Gasteiger charge is 2.34. The smallest absolute Gasteiger partial charge is 0.404 e. The number of halogens is 4. The Labute approximate surface area is 188 Å². The van der Waals surface area contributed by atoms with Gasteiger partial charge in [-0.25, -0.2) is 4.98 Å². The van der Waals surface area contributed by atoms with Gasteiger partial charge in [-0.3, -0.25) is 4.79 Å². The Kier molecular flexibility index (Phi) is 5.91. The highest BCUT2D eigenvalue weighted by molar-refractivity contribution is 6.29. The monoisotopic (exact) mass is 464 g/mol. The van der Waals surface area contributed by atoms with Crippen LogP contribution in [0.1, 0.15) is 28.8 Å². The first-order chi connectivity index (χ1) is 15.1. The molecule has 0 unspecified atom stereocenters. The lowest BCUT2D eigenvalue weighted by molar-refractivity contribution is -0.274. The van der Waals surface area contributed by atoms with Gasteiger partial charge in [0.1, 0.15) is 17.0 Å². The molecule has 32 heavy (non-hydrogen) atoms. The lowest BCUT2D eigenvalue weighted by Gasteiger charge is -2.42. The third kappa shape index (κ3) is 4.75. The fourth-order valence-electron chi connectivity index (χ4n) is 4.16. The second kappa shape index (κ2) is 8.51. The molecule has 1 amide bonds. The van der Waals surface area contributed by atoms with Crippen LogP contribution in [-0.2, 0) is 17.8 Å². The van der Waals surface area contributed by atoms with Crippen molar-refractivity contribution in [2.45, 2.75) is 32.7 Å². The van der Waals surface area contributed by atoms with Gasteiger partial charge in [0.25, 0.3) is 0 Å². The van der Waals surface area contributed by atoms with Gasteiger partial charge in [-0.15, -0.1) is 13.2 Å². The summed E-state index contributed by atoms with van der Waals surface area (Å²) in [6, 6.07) is 7.61. The van der Waals surface area contributed by atoms with Crippen molar-refractivity contribution in [2.24, 2.45) is 5.92 Å². The predicted molar refractivity (Wildman–Crippen MR) is 111 cm³/mol. The molecular weight excluding hydrogens is 445 g/mol. The summed E-state index contributed by atoms with van der Waals surface area (Å²) in [5.74, 6) is -0.361. The summed E-state index contributed by atoms with van der Waals surface area (Å²) in [7, 11) is 0. The summed E-state index contributed by atoms with van der Waals surface area (Å²) >= 11 is 6.02. The molecule has 10 heteroatoms. The third-order valence-electron chi connectivity index (χ3n) is 5.82. The van der Waals surface area contributed by atoms with Crippen LogP contribution < -0.4 is 9.64 Å². The van der Waals surface area contributed by atoms with Gasteiger partial charge in [0.05, 0.1) is 5.56 Å². The van der Waals surface area contributed by atoms with Crippen LogP contribution in [0, 0.1) is 24.2 Å². The lowest BCUT2D eigenvalue weighted by Crippen LogP contribution is -2.49. The molecule has 1 fully saturated rings. The van der Waals surface area contributed by atoms with Crippen molar-refractivity contribution in [2.75, 3.05) is 24.5 Å². The number of aryl methyl sites for hydroxylation is 1. The SMILES string of the molecule is Cc1cc(Cl)nc2c1CN(C(=O)CC1CN(c3ccc(C#N)c(OC(F)(F)F)c3)C1)CC2. The van der Waals surface area contributed by atoms with E-state index in [0.717, 1.165) is 16.8 Å². The first-order valence-electron chi connectivity index (χ1n) is 10.1. The first kappa shape index (κ1) is 22.2. The minimum Gasteiger partial charge on any atom is -0.404 e. The summed E-state index contributed by atoms with van der Waals surface area (Å²) < 4.78 is 41.8. The number of pyridine rings is 1. The van der Waals surface area contributed by atoms with Crippen LogP contribution in [0.15, 0.2) is 24.3 Å². The molecule has 4 rings (SSSR count). The summed E-state index contributed by atoms with van der Waals surface area (Å²) in [6.07, 6.45) is -3.85. The van der Waals surface area contributed by atoms with Crippen LogP contribution in [0.2, 0.25) is 5.15 Å². The zero-order valence-electron chi connectivity index (χ0n) is 17.2. The standard InChI is InChI=1S/C22H20ClF3N4O2/c1-13-6-20(23)28-18-4-5-29(12-17(13)18)21(31)7-14-10-30(11-14)16-3-2-15(9-27)19(8-16)32-22(24,25)26/h2-3,6,8,14H,4-5,7,10-12H2,1H3. The number of carbonyl (C=O) groups is 1. The maximum Gasteiger partial charge on any atom is 0.573 e. The Morgan fingerprint density at radius 1 is 1.34 bits per heavy atom. The molecule has 0 bridgehead atoms. The van der Waals surface area contributed by atoms with Crippen LogP contribution in [0.25, 0.3) is 0 Å². The van der Waals surface area contributed by atoms with Gasteiger partial charge in [-0.05, 0) is 36.2 Å². The molecule has 0 atom stereocenters. The Morgan fingerprint density at radius 2 is 2.09 bits per heavy atom. The molecule has 0 saturated carbocycles. The van der Waals surface area contributed by atoms with Crippen molar-refractivity contribution in [3.05, 3.63) is 51.8 Å². The van der Waals surface area contributed by atoms with E-state index in [1.165, 1.54) is 12.1 Å². The Morgan fingerprint density at radius 3 is 2.78 bits per heavy atom. The average Bonchev–Trinajstić information content (AvgIpc) is 2.68. The zero-order chi connectivity index (χ0) is 23.0. The topological polar surface area (TPSA) is 69.5 Å². The zero-order valence-corrected chi connectivity index (χ0v) is 18.0. The van der Waals surface area contributed by atoms with E-state index in [1.807, 2.05) is 16.7 Å². The van der Waals surface area contributed by atoms with Gasteiger partial charge >= 0.3 is 6.36 Å². The fraction of sp³-hybridized carbons (Fsp3) is 0.409. The predicted octanol–water partition coefficient (Wildman–Crippen LogP) is 4.22. The van der Waals surface area contributed by atoms with E-state index in [2.05, 4.69) is 9.72 Å². The van der Waals surface area contributed by atoms with Crippen LogP contribution >= 0.6 is 11.6 Å². The van der Waals surface area contributed by atoms with E-state index < -0.39 is 12.1 Å². The van der Waals surface area contributed by atoms with E-state index in [9.17, 15) is 18.0 Å². The number of alkyl halides is 3. The summed E-state index contributed by atoms with van der Waals surface area (Å²) in [6.45, 7) is 4.14. The highest BCUT2D eigenvalue weighted by atomic mass is 35.5. The van der Waals surface area contributed by atoms with Gasteiger partial charge in [0.2, 0.25) is 5.91 Å². The molecule has 2 aliphatic rings. The number of ether oxygens (including phenoxy) is 1. The molecule has 2 aliphatic heterocycles. The van der Waals surface area contributed by atoms with Gasteiger partial charge in [0.15, 0.2) is 0 Å². The molecule has 1 aromatic carbocycles. The fourth-order valence-corrected chi connectivity index (χ4v) is 4.43. The number of hydrogen-bond acceptors (Lipinski definition) is 5. The van der Waals surface area contributed by atoms with Crippen molar-refractivity contribution < 1.29 is 22.7 Å². The van der Waals surface area contributed by atoms with Gasteiger partial charge in [-0.2, -0.15) is 5.26 Å². The van der Waals surface area contributed by atoms with Crippen molar-refractivity contribution in [1.29, 1.82) is 5.26 Å². The van der Waals surface area contributed by atoms with Crippen molar-refractivity contribution >= 4 is 23.2 Å². The van der Waals surface area contributed by atoms with E-state index in [-0.39, 0.29) is 17.4 Å². The van der Waals surface area contributed by atoms with Crippen molar-refractivity contribution in [1.82, 2.24) is 9.88 Å². The second-order valence-electron chi connectivity index (χ2n) is 8.07. The molecule has 0 aliphatic carbocycles. The van der Waals surface area contributed by atoms with Crippen LogP contribution in [0.3, 0.4) is 0 Å². The first-order valence-corrected chi connectivity index (χ1v) is 10.5. The summed E-state index contributed by atoms with van der Waals surface area (Å²) in [5.41, 5.74) is 3.34. The minimum absolute atomic E-state index is 0.0515. The van der Waals surface area contributed by atoms with E-state index in [0.29, 0.717) is 49.9 Å². The molecule has 1 aromatic heterocycles. The maximum absolute atomic E-state index is 12.8. The van der Waals surface area contributed by atoms with Crippen molar-refractivity contribution in [3.8, 4) is 11.8 Å². The molecule has 168 valence electrons. The quantitative estimate of drug-likeness (QED) is 0.633. The molecule has 0 spiro atoms. The van der Waals surface area contributed by atoms with E-state index in [1.54, 1.807) is 18.2 Å². The van der Waals surface area contributed by atoms with Crippen LogP contribution in [-0.4, -0.2) is 41.8 Å². The number of aromatic nitrogens is 1. The molecule has 3 heterocycles. The number of nitrogens with zero attached hydrogens (tertiary/aromatic N) is 4. The van der Waals surface area contributed by atoms with Gasteiger partial charge < -0.3 is 14.5 Å². The minimum atomic E-state index is -4.87. The van der Waals surface area contributed by atoms with Crippen molar-refractivity contribution in [3.63, 3.8) is 0 Å². The lowest BCUT2D eigenvalue weighted by atomic mass is 9.93. The molecule has 0 radical (unpaired) electrons. The van der Waals surface area contributed by atoms with Crippen LogP contribution in [0.4, 0.5) is 18.9 Å².